The molecule has 3 rings (SSSR count). The van der Waals surface area contributed by atoms with E-state index in [1.165, 1.54) is 4.68 Å². The number of carbonyl (C=O) groups is 1. The van der Waals surface area contributed by atoms with Crippen molar-refractivity contribution in [1.82, 2.24) is 20.1 Å². The number of carbonyl (C=O) groups excluding carboxylic acids is 1. The molecule has 1 saturated heterocycles. The van der Waals surface area contributed by atoms with Gasteiger partial charge in [0.05, 0.1) is 37.3 Å². The topological polar surface area (TPSA) is 89.3 Å². The molecule has 0 aromatic carbocycles. The van der Waals surface area contributed by atoms with Gasteiger partial charge in [-0.1, -0.05) is 6.07 Å². The van der Waals surface area contributed by atoms with Crippen LogP contribution in [0.5, 0.6) is 0 Å². The second kappa shape index (κ2) is 9.98. The normalized spacial score (nSPS) is 16.8. The Hall–Kier alpha value is -2.74. The highest BCUT2D eigenvalue weighted by atomic mass is 16.5. The summed E-state index contributed by atoms with van der Waals surface area (Å²) in [7, 11) is 1.60. The Morgan fingerprint density at radius 1 is 1.39 bits per heavy atom. The molecule has 0 bridgehead atoms. The second-order valence-electron chi connectivity index (χ2n) is 7.02. The number of hydrogen-bond donors (Lipinski definition) is 1. The molecule has 0 spiro atoms. The number of pyridine rings is 1. The molecule has 0 saturated carbocycles. The van der Waals surface area contributed by atoms with Crippen LogP contribution < -0.4 is 15.8 Å². The molecular weight excluding hydrogens is 358 g/mol. The smallest absolute Gasteiger partial charge is 0.268 e. The molecule has 28 heavy (non-hydrogen) atoms. The number of rotatable bonds is 8. The first-order valence-corrected chi connectivity index (χ1v) is 9.63. The summed E-state index contributed by atoms with van der Waals surface area (Å²) in [5.41, 5.74) is 1.53. The predicted octanol–water partition coefficient (Wildman–Crippen LogP) is 1.21. The van der Waals surface area contributed by atoms with Crippen LogP contribution in [0.1, 0.15) is 25.0 Å². The average molecular weight is 385 g/mol. The molecule has 1 aliphatic heterocycles. The van der Waals surface area contributed by atoms with E-state index in [4.69, 9.17) is 4.74 Å². The Bertz CT molecular complexity index is 824. The molecule has 0 radical (unpaired) electrons. The first-order chi connectivity index (χ1) is 13.7. The van der Waals surface area contributed by atoms with Gasteiger partial charge in [-0.05, 0) is 30.9 Å². The molecule has 1 aliphatic rings. The van der Waals surface area contributed by atoms with Crippen LogP contribution in [-0.2, 0) is 22.6 Å². The number of nitrogens with zero attached hydrogens (tertiary/aromatic N) is 4. The SMILES string of the molecule is COCCn1ncc(N2CCCC(CC(=O)NCc3ccccn3)C2)cc1=O. The maximum Gasteiger partial charge on any atom is 0.268 e. The van der Waals surface area contributed by atoms with Crippen molar-refractivity contribution in [3.05, 3.63) is 52.7 Å². The van der Waals surface area contributed by atoms with E-state index in [2.05, 4.69) is 20.3 Å². The lowest BCUT2D eigenvalue weighted by Crippen LogP contribution is -2.39. The Balaban J connectivity index is 1.53. The van der Waals surface area contributed by atoms with Gasteiger partial charge in [0.15, 0.2) is 0 Å². The minimum atomic E-state index is -0.134. The van der Waals surface area contributed by atoms with E-state index in [0.29, 0.717) is 26.1 Å². The lowest BCUT2D eigenvalue weighted by Gasteiger charge is -2.34. The molecule has 1 fully saturated rings. The summed E-state index contributed by atoms with van der Waals surface area (Å²) in [6, 6.07) is 7.27. The van der Waals surface area contributed by atoms with Crippen LogP contribution in [0.4, 0.5) is 5.69 Å². The zero-order valence-electron chi connectivity index (χ0n) is 16.2. The monoisotopic (exact) mass is 385 g/mol. The molecule has 1 N–H and O–H groups in total. The van der Waals surface area contributed by atoms with Crippen LogP contribution in [0.3, 0.4) is 0 Å². The minimum Gasteiger partial charge on any atom is -0.383 e. The summed E-state index contributed by atoms with van der Waals surface area (Å²) in [5, 5.41) is 7.18. The highest BCUT2D eigenvalue weighted by Crippen LogP contribution is 2.23. The maximum atomic E-state index is 12.3. The van der Waals surface area contributed by atoms with Gasteiger partial charge in [0.2, 0.25) is 5.91 Å². The summed E-state index contributed by atoms with van der Waals surface area (Å²) in [4.78, 5) is 30.9. The molecule has 1 atom stereocenters. The number of aromatic nitrogens is 3. The van der Waals surface area contributed by atoms with Crippen molar-refractivity contribution >= 4 is 11.6 Å². The first kappa shape index (κ1) is 20.0. The molecule has 150 valence electrons. The van der Waals surface area contributed by atoms with Crippen LogP contribution in [0.15, 0.2) is 41.5 Å². The van der Waals surface area contributed by atoms with E-state index in [1.54, 1.807) is 25.6 Å². The van der Waals surface area contributed by atoms with E-state index in [0.717, 1.165) is 37.3 Å². The number of nitrogens with one attached hydrogen (secondary N) is 1. The van der Waals surface area contributed by atoms with Gasteiger partial charge in [-0.25, -0.2) is 4.68 Å². The van der Waals surface area contributed by atoms with E-state index >= 15 is 0 Å². The first-order valence-electron chi connectivity index (χ1n) is 9.63. The highest BCUT2D eigenvalue weighted by molar-refractivity contribution is 5.76. The second-order valence-corrected chi connectivity index (χ2v) is 7.02. The summed E-state index contributed by atoms with van der Waals surface area (Å²) in [5.74, 6) is 0.291. The van der Waals surface area contributed by atoms with Crippen molar-refractivity contribution in [3.63, 3.8) is 0 Å². The maximum absolute atomic E-state index is 12.3. The fourth-order valence-electron chi connectivity index (χ4n) is 3.44. The number of amides is 1. The Morgan fingerprint density at radius 3 is 3.04 bits per heavy atom. The van der Waals surface area contributed by atoms with Crippen molar-refractivity contribution in [3.8, 4) is 0 Å². The molecule has 8 nitrogen and oxygen atoms in total. The van der Waals surface area contributed by atoms with E-state index in [9.17, 15) is 9.59 Å². The molecule has 1 amide bonds. The van der Waals surface area contributed by atoms with Gasteiger partial charge >= 0.3 is 0 Å². The van der Waals surface area contributed by atoms with Gasteiger partial charge < -0.3 is 15.0 Å². The van der Waals surface area contributed by atoms with Crippen molar-refractivity contribution in [1.29, 1.82) is 0 Å². The highest BCUT2D eigenvalue weighted by Gasteiger charge is 2.23. The third-order valence-corrected chi connectivity index (χ3v) is 4.91. The summed E-state index contributed by atoms with van der Waals surface area (Å²) >= 11 is 0. The Kier molecular flexibility index (Phi) is 7.13. The lowest BCUT2D eigenvalue weighted by atomic mass is 9.94. The van der Waals surface area contributed by atoms with Crippen molar-refractivity contribution < 1.29 is 9.53 Å². The third-order valence-electron chi connectivity index (χ3n) is 4.91. The fraction of sp³-hybridized carbons (Fsp3) is 0.500. The van der Waals surface area contributed by atoms with Crippen molar-refractivity contribution in [2.45, 2.75) is 32.4 Å². The Morgan fingerprint density at radius 2 is 2.29 bits per heavy atom. The number of ether oxygens (including phenoxy) is 1. The molecule has 1 unspecified atom stereocenters. The van der Waals surface area contributed by atoms with Gasteiger partial charge in [0.25, 0.3) is 5.56 Å². The lowest BCUT2D eigenvalue weighted by molar-refractivity contribution is -0.122. The van der Waals surface area contributed by atoms with Gasteiger partial charge in [-0.15, -0.1) is 0 Å². The van der Waals surface area contributed by atoms with E-state index in [-0.39, 0.29) is 17.4 Å². The number of piperidine rings is 1. The standard InChI is InChI=1S/C20H27N5O3/c1-28-10-9-25-20(27)12-18(14-23-25)24-8-4-5-16(15-24)11-19(26)22-13-17-6-2-3-7-21-17/h2-3,6-7,12,14,16H,4-5,8-11,13,15H2,1H3,(H,22,26). The molecule has 0 aliphatic carbocycles. The zero-order chi connectivity index (χ0) is 19.8. The average Bonchev–Trinajstić information content (AvgIpc) is 2.72. The number of hydrogen-bond acceptors (Lipinski definition) is 6. The largest absolute Gasteiger partial charge is 0.383 e. The van der Waals surface area contributed by atoms with Gasteiger partial charge in [0.1, 0.15) is 0 Å². The van der Waals surface area contributed by atoms with Gasteiger partial charge in [-0.3, -0.25) is 14.6 Å². The van der Waals surface area contributed by atoms with Crippen LogP contribution in [0, 0.1) is 5.92 Å². The summed E-state index contributed by atoms with van der Waals surface area (Å²) in [6.45, 7) is 2.95. The molecular formula is C20H27N5O3. The predicted molar refractivity (Wildman–Crippen MR) is 106 cm³/mol. The van der Waals surface area contributed by atoms with E-state index in [1.807, 2.05) is 18.2 Å². The van der Waals surface area contributed by atoms with Gasteiger partial charge in [-0.2, -0.15) is 5.10 Å². The molecule has 3 heterocycles. The zero-order valence-corrected chi connectivity index (χ0v) is 16.2. The molecule has 2 aromatic rings. The molecule has 8 heteroatoms. The summed E-state index contributed by atoms with van der Waals surface area (Å²) in [6.07, 6.45) is 5.91. The van der Waals surface area contributed by atoms with E-state index < -0.39 is 0 Å². The van der Waals surface area contributed by atoms with Crippen LogP contribution in [-0.4, -0.2) is 47.5 Å². The number of methoxy groups -OCH3 is 1. The van der Waals surface area contributed by atoms with Crippen LogP contribution >= 0.6 is 0 Å². The minimum absolute atomic E-state index is 0.0330. The number of anilines is 1. The quantitative estimate of drug-likeness (QED) is 0.735. The van der Waals surface area contributed by atoms with Crippen molar-refractivity contribution in [2.24, 2.45) is 5.92 Å². The van der Waals surface area contributed by atoms with Gasteiger partial charge in [0, 0.05) is 38.9 Å². The third kappa shape index (κ3) is 5.63. The van der Waals surface area contributed by atoms with Crippen LogP contribution in [0.25, 0.3) is 0 Å². The molecule has 2 aromatic heterocycles. The fourth-order valence-corrected chi connectivity index (χ4v) is 3.44. The summed E-state index contributed by atoms with van der Waals surface area (Å²) < 4.78 is 6.40. The van der Waals surface area contributed by atoms with Crippen LogP contribution in [0.2, 0.25) is 0 Å². The van der Waals surface area contributed by atoms with Crippen molar-refractivity contribution in [2.75, 3.05) is 31.7 Å². The Labute approximate surface area is 164 Å².